The van der Waals surface area contributed by atoms with Crippen LogP contribution in [0.15, 0.2) is 36.9 Å². The maximum atomic E-state index is 5.18. The molecule has 0 bridgehead atoms. The van der Waals surface area contributed by atoms with Crippen molar-refractivity contribution >= 4 is 0 Å². The zero-order valence-electron chi connectivity index (χ0n) is 11.9. The summed E-state index contributed by atoms with van der Waals surface area (Å²) in [6.45, 7) is 10.3. The Kier molecular flexibility index (Phi) is 6.51. The quantitative estimate of drug-likeness (QED) is 0.647. The van der Waals surface area contributed by atoms with E-state index in [1.54, 1.807) is 7.11 Å². The molecule has 100 valence electrons. The minimum atomic E-state index is 0.593. The van der Waals surface area contributed by atoms with Crippen LogP contribution in [0.3, 0.4) is 0 Å². The van der Waals surface area contributed by atoms with Gasteiger partial charge >= 0.3 is 0 Å². The number of hydrogen-bond acceptors (Lipinski definition) is 2. The smallest absolute Gasteiger partial charge is 0.118 e. The van der Waals surface area contributed by atoms with Gasteiger partial charge in [0, 0.05) is 19.1 Å². The van der Waals surface area contributed by atoms with E-state index in [0.717, 1.165) is 18.8 Å². The molecule has 0 saturated heterocycles. The predicted octanol–water partition coefficient (Wildman–Crippen LogP) is 3.87. The molecule has 1 unspecified atom stereocenters. The Bertz CT molecular complexity index is 345. The fourth-order valence-corrected chi connectivity index (χ4v) is 2.13. The van der Waals surface area contributed by atoms with E-state index >= 15 is 0 Å². The van der Waals surface area contributed by atoms with Crippen molar-refractivity contribution < 1.29 is 4.74 Å². The van der Waals surface area contributed by atoms with Crippen LogP contribution < -0.4 is 4.74 Å². The molecule has 1 atom stereocenters. The van der Waals surface area contributed by atoms with Crippen molar-refractivity contribution in [3.8, 4) is 5.75 Å². The maximum Gasteiger partial charge on any atom is 0.118 e. The first-order chi connectivity index (χ1) is 8.71. The summed E-state index contributed by atoms with van der Waals surface area (Å²) >= 11 is 0. The Morgan fingerprint density at radius 1 is 1.33 bits per heavy atom. The Morgan fingerprint density at radius 2 is 2.00 bits per heavy atom. The van der Waals surface area contributed by atoms with Gasteiger partial charge in [0.15, 0.2) is 0 Å². The third kappa shape index (κ3) is 4.53. The van der Waals surface area contributed by atoms with E-state index in [0.29, 0.717) is 6.04 Å². The molecule has 0 aliphatic rings. The number of rotatable bonds is 8. The van der Waals surface area contributed by atoms with Gasteiger partial charge in [0.05, 0.1) is 7.11 Å². The molecule has 0 aliphatic heterocycles. The average Bonchev–Trinajstić information content (AvgIpc) is 2.39. The van der Waals surface area contributed by atoms with E-state index in [4.69, 9.17) is 4.74 Å². The highest BCUT2D eigenvalue weighted by Crippen LogP contribution is 2.15. The van der Waals surface area contributed by atoms with Crippen molar-refractivity contribution in [2.75, 3.05) is 13.7 Å². The highest BCUT2D eigenvalue weighted by molar-refractivity contribution is 5.27. The van der Waals surface area contributed by atoms with Crippen LogP contribution in [-0.2, 0) is 6.54 Å². The van der Waals surface area contributed by atoms with Crippen LogP contribution in [0.4, 0.5) is 0 Å². The van der Waals surface area contributed by atoms with E-state index in [2.05, 4.69) is 37.5 Å². The van der Waals surface area contributed by atoms with Gasteiger partial charge in [-0.15, -0.1) is 6.58 Å². The first-order valence-corrected chi connectivity index (χ1v) is 6.69. The zero-order valence-corrected chi connectivity index (χ0v) is 11.9. The largest absolute Gasteiger partial charge is 0.497 e. The lowest BCUT2D eigenvalue weighted by atomic mass is 10.1. The van der Waals surface area contributed by atoms with Gasteiger partial charge in [-0.2, -0.15) is 0 Å². The third-order valence-corrected chi connectivity index (χ3v) is 3.24. The summed E-state index contributed by atoms with van der Waals surface area (Å²) in [7, 11) is 1.70. The predicted molar refractivity (Wildman–Crippen MR) is 78.0 cm³/mol. The topological polar surface area (TPSA) is 12.5 Å². The van der Waals surface area contributed by atoms with Crippen LogP contribution in [-0.4, -0.2) is 24.6 Å². The molecule has 0 aromatic heterocycles. The maximum absolute atomic E-state index is 5.18. The van der Waals surface area contributed by atoms with Crippen LogP contribution in [0.1, 0.15) is 32.3 Å². The lowest BCUT2D eigenvalue weighted by Gasteiger charge is -2.27. The Labute approximate surface area is 111 Å². The summed E-state index contributed by atoms with van der Waals surface area (Å²) in [6.07, 6.45) is 4.43. The second-order valence-electron chi connectivity index (χ2n) is 4.70. The average molecular weight is 247 g/mol. The second-order valence-corrected chi connectivity index (χ2v) is 4.70. The first kappa shape index (κ1) is 14.8. The SMILES string of the molecule is C=CCN(Cc1ccc(OC)cc1)C(C)CCC. The molecule has 0 fully saturated rings. The number of methoxy groups -OCH3 is 1. The van der Waals surface area contributed by atoms with Crippen LogP contribution in [0, 0.1) is 0 Å². The fraction of sp³-hybridized carbons (Fsp3) is 0.500. The molecule has 0 saturated carbocycles. The van der Waals surface area contributed by atoms with E-state index in [1.165, 1.54) is 18.4 Å². The van der Waals surface area contributed by atoms with E-state index in [1.807, 2.05) is 18.2 Å². The Balaban J connectivity index is 2.66. The second kappa shape index (κ2) is 7.93. The molecule has 0 spiro atoms. The zero-order chi connectivity index (χ0) is 13.4. The van der Waals surface area contributed by atoms with Crippen molar-refractivity contribution in [1.29, 1.82) is 0 Å². The van der Waals surface area contributed by atoms with Gasteiger partial charge in [0.1, 0.15) is 5.75 Å². The summed E-state index contributed by atoms with van der Waals surface area (Å²) in [5.41, 5.74) is 1.32. The number of hydrogen-bond donors (Lipinski definition) is 0. The molecule has 2 heteroatoms. The summed E-state index contributed by atoms with van der Waals surface area (Å²) < 4.78 is 5.18. The summed E-state index contributed by atoms with van der Waals surface area (Å²) in [4.78, 5) is 2.46. The lowest BCUT2D eigenvalue weighted by molar-refractivity contribution is 0.211. The van der Waals surface area contributed by atoms with Gasteiger partial charge < -0.3 is 4.74 Å². The van der Waals surface area contributed by atoms with Gasteiger partial charge in [-0.25, -0.2) is 0 Å². The van der Waals surface area contributed by atoms with Crippen LogP contribution in [0.25, 0.3) is 0 Å². The van der Waals surface area contributed by atoms with Crippen molar-refractivity contribution in [2.24, 2.45) is 0 Å². The molecule has 0 N–H and O–H groups in total. The third-order valence-electron chi connectivity index (χ3n) is 3.24. The molecule has 1 rings (SSSR count). The molecule has 18 heavy (non-hydrogen) atoms. The molecule has 0 radical (unpaired) electrons. The van der Waals surface area contributed by atoms with E-state index < -0.39 is 0 Å². The molecule has 0 aliphatic carbocycles. The number of nitrogens with zero attached hydrogens (tertiary/aromatic N) is 1. The molecule has 0 heterocycles. The molecular weight excluding hydrogens is 222 g/mol. The number of benzene rings is 1. The van der Waals surface area contributed by atoms with Gasteiger partial charge in [-0.05, 0) is 31.0 Å². The lowest BCUT2D eigenvalue weighted by Crippen LogP contribution is -2.32. The monoisotopic (exact) mass is 247 g/mol. The highest BCUT2D eigenvalue weighted by Gasteiger charge is 2.11. The van der Waals surface area contributed by atoms with Crippen molar-refractivity contribution in [1.82, 2.24) is 4.90 Å². The highest BCUT2D eigenvalue weighted by atomic mass is 16.5. The summed E-state index contributed by atoms with van der Waals surface area (Å²) in [5, 5.41) is 0. The molecule has 1 aromatic carbocycles. The standard InChI is InChI=1S/C16H25NO/c1-5-7-14(3)17(12-6-2)13-15-8-10-16(18-4)11-9-15/h6,8-11,14H,2,5,7,12-13H2,1,3-4H3. The van der Waals surface area contributed by atoms with E-state index in [9.17, 15) is 0 Å². The van der Waals surface area contributed by atoms with Crippen LogP contribution >= 0.6 is 0 Å². The first-order valence-electron chi connectivity index (χ1n) is 6.69. The van der Waals surface area contributed by atoms with E-state index in [-0.39, 0.29) is 0 Å². The number of ether oxygens (including phenoxy) is 1. The molecule has 1 aromatic rings. The van der Waals surface area contributed by atoms with Gasteiger partial charge in [0.25, 0.3) is 0 Å². The normalized spacial score (nSPS) is 12.4. The van der Waals surface area contributed by atoms with Gasteiger partial charge in [0.2, 0.25) is 0 Å². The molecule has 0 amide bonds. The van der Waals surface area contributed by atoms with Crippen LogP contribution in [0.2, 0.25) is 0 Å². The Morgan fingerprint density at radius 3 is 2.50 bits per heavy atom. The van der Waals surface area contributed by atoms with Crippen molar-refractivity contribution in [3.63, 3.8) is 0 Å². The minimum Gasteiger partial charge on any atom is -0.497 e. The fourth-order valence-electron chi connectivity index (χ4n) is 2.13. The van der Waals surface area contributed by atoms with Gasteiger partial charge in [-0.1, -0.05) is 31.6 Å². The Hall–Kier alpha value is -1.28. The van der Waals surface area contributed by atoms with Crippen molar-refractivity contribution in [2.45, 2.75) is 39.3 Å². The van der Waals surface area contributed by atoms with Crippen LogP contribution in [0.5, 0.6) is 5.75 Å². The summed E-state index contributed by atoms with van der Waals surface area (Å²) in [6, 6.07) is 8.90. The van der Waals surface area contributed by atoms with Crippen molar-refractivity contribution in [3.05, 3.63) is 42.5 Å². The summed E-state index contributed by atoms with van der Waals surface area (Å²) in [5.74, 6) is 0.913. The molecule has 2 nitrogen and oxygen atoms in total. The molecular formula is C16H25NO. The van der Waals surface area contributed by atoms with Gasteiger partial charge in [-0.3, -0.25) is 4.90 Å². The minimum absolute atomic E-state index is 0.593.